The van der Waals surface area contributed by atoms with Gasteiger partial charge in [0.1, 0.15) is 16.4 Å². The van der Waals surface area contributed by atoms with Gasteiger partial charge in [-0.25, -0.2) is 13.1 Å². The van der Waals surface area contributed by atoms with Crippen LogP contribution in [-0.2, 0) is 14.8 Å². The first-order chi connectivity index (χ1) is 11.0. The summed E-state index contributed by atoms with van der Waals surface area (Å²) >= 11 is 1.15. The molecule has 9 heteroatoms. The standard InChI is InChI=1S/C14H22N2O5S2/c17-9-11-14(18)13(16-5-1-2-6-16)10(21-11)8-15-23(19,20)12-4-3-7-22-12/h3-4,7,10-11,13-15,17-18H,1-2,5-6,8-9H2/t10-,11+,13+,14-/m1/s1. The Hall–Kier alpha value is -0.550. The maximum Gasteiger partial charge on any atom is 0.250 e. The molecule has 1 aromatic rings. The summed E-state index contributed by atoms with van der Waals surface area (Å²) in [6.07, 6.45) is 0.155. The molecule has 3 rings (SSSR count). The molecule has 0 unspecified atom stereocenters. The highest BCUT2D eigenvalue weighted by Gasteiger charge is 2.46. The highest BCUT2D eigenvalue weighted by Crippen LogP contribution is 2.28. The zero-order chi connectivity index (χ0) is 16.4. The fraction of sp³-hybridized carbons (Fsp3) is 0.714. The van der Waals surface area contributed by atoms with Crippen molar-refractivity contribution in [2.75, 3.05) is 26.2 Å². The number of rotatable bonds is 6. The number of ether oxygens (including phenoxy) is 1. The van der Waals surface area contributed by atoms with Crippen molar-refractivity contribution in [2.45, 2.75) is 41.4 Å². The maximum atomic E-state index is 12.2. The lowest BCUT2D eigenvalue weighted by atomic mass is 10.0. The van der Waals surface area contributed by atoms with E-state index in [0.717, 1.165) is 37.3 Å². The Kier molecular flexibility index (Phi) is 5.36. The molecule has 0 bridgehead atoms. The Morgan fingerprint density at radius 1 is 1.35 bits per heavy atom. The lowest BCUT2D eigenvalue weighted by molar-refractivity contribution is -0.0201. The molecule has 2 saturated heterocycles. The summed E-state index contributed by atoms with van der Waals surface area (Å²) in [7, 11) is -3.57. The third kappa shape index (κ3) is 3.60. The van der Waals surface area contributed by atoms with Crippen LogP contribution in [0.25, 0.3) is 0 Å². The highest BCUT2D eigenvalue weighted by molar-refractivity contribution is 7.91. The summed E-state index contributed by atoms with van der Waals surface area (Å²) in [6, 6.07) is 2.94. The Bertz CT molecular complexity index is 601. The molecule has 130 valence electrons. The SMILES string of the molecule is O=S(=O)(NC[C@H]1O[C@@H](CO)[C@@H](O)[C@H]1N1CCCC1)c1cccs1. The molecule has 0 aliphatic carbocycles. The summed E-state index contributed by atoms with van der Waals surface area (Å²) in [5.41, 5.74) is 0. The largest absolute Gasteiger partial charge is 0.394 e. The van der Waals surface area contributed by atoms with Gasteiger partial charge in [-0.1, -0.05) is 6.07 Å². The molecule has 0 spiro atoms. The van der Waals surface area contributed by atoms with Crippen molar-refractivity contribution in [3.8, 4) is 0 Å². The van der Waals surface area contributed by atoms with E-state index < -0.39 is 28.3 Å². The number of aliphatic hydroxyl groups excluding tert-OH is 2. The van der Waals surface area contributed by atoms with Crippen molar-refractivity contribution in [3.63, 3.8) is 0 Å². The van der Waals surface area contributed by atoms with Crippen LogP contribution in [0.4, 0.5) is 0 Å². The van der Waals surface area contributed by atoms with Crippen molar-refractivity contribution in [1.29, 1.82) is 0 Å². The first-order valence-electron chi connectivity index (χ1n) is 7.74. The molecular formula is C14H22N2O5S2. The van der Waals surface area contributed by atoms with E-state index >= 15 is 0 Å². The molecule has 7 nitrogen and oxygen atoms in total. The Morgan fingerprint density at radius 2 is 2.09 bits per heavy atom. The van der Waals surface area contributed by atoms with Gasteiger partial charge >= 0.3 is 0 Å². The molecule has 2 aliphatic heterocycles. The number of nitrogens with one attached hydrogen (secondary N) is 1. The molecule has 4 atom stereocenters. The van der Waals surface area contributed by atoms with Crippen molar-refractivity contribution in [2.24, 2.45) is 0 Å². The van der Waals surface area contributed by atoms with Crippen LogP contribution in [0.15, 0.2) is 21.7 Å². The number of thiophene rings is 1. The lowest BCUT2D eigenvalue weighted by Crippen LogP contribution is -2.50. The average molecular weight is 362 g/mol. The van der Waals surface area contributed by atoms with Gasteiger partial charge in [0, 0.05) is 6.54 Å². The third-order valence-electron chi connectivity index (χ3n) is 4.44. The molecule has 0 radical (unpaired) electrons. The minimum absolute atomic E-state index is 0.0783. The van der Waals surface area contributed by atoms with Crippen LogP contribution in [-0.4, -0.2) is 74.1 Å². The van der Waals surface area contributed by atoms with Gasteiger partial charge in [-0.05, 0) is 37.4 Å². The quantitative estimate of drug-likeness (QED) is 0.638. The van der Waals surface area contributed by atoms with E-state index in [4.69, 9.17) is 4.74 Å². The Morgan fingerprint density at radius 3 is 2.70 bits per heavy atom. The molecule has 3 N–H and O–H groups in total. The molecule has 2 aliphatic rings. The normalized spacial score (nSPS) is 32.6. The van der Waals surface area contributed by atoms with Crippen molar-refractivity contribution in [1.82, 2.24) is 9.62 Å². The molecule has 23 heavy (non-hydrogen) atoms. The molecular weight excluding hydrogens is 340 g/mol. The molecule has 0 amide bonds. The molecule has 0 saturated carbocycles. The van der Waals surface area contributed by atoms with Gasteiger partial charge in [0.05, 0.1) is 18.8 Å². The number of hydrogen-bond acceptors (Lipinski definition) is 7. The smallest absolute Gasteiger partial charge is 0.250 e. The Balaban J connectivity index is 1.69. The lowest BCUT2D eigenvalue weighted by Gasteiger charge is -2.29. The van der Waals surface area contributed by atoms with E-state index in [1.807, 2.05) is 0 Å². The predicted octanol–water partition coefficient (Wildman–Crippen LogP) is -0.389. The number of sulfonamides is 1. The molecule has 1 aromatic heterocycles. The third-order valence-corrected chi connectivity index (χ3v) is 7.26. The highest BCUT2D eigenvalue weighted by atomic mass is 32.2. The van der Waals surface area contributed by atoms with E-state index in [1.54, 1.807) is 17.5 Å². The molecule has 2 fully saturated rings. The number of likely N-dealkylation sites (tertiary alicyclic amines) is 1. The maximum absolute atomic E-state index is 12.2. The first-order valence-corrected chi connectivity index (χ1v) is 10.1. The van der Waals surface area contributed by atoms with Crippen molar-refractivity contribution >= 4 is 21.4 Å². The second-order valence-electron chi connectivity index (χ2n) is 5.90. The van der Waals surface area contributed by atoms with E-state index in [1.165, 1.54) is 0 Å². The van der Waals surface area contributed by atoms with Crippen molar-refractivity contribution < 1.29 is 23.4 Å². The summed E-state index contributed by atoms with van der Waals surface area (Å²) < 4.78 is 33.0. The second kappa shape index (κ2) is 7.14. The van der Waals surface area contributed by atoms with Crippen LogP contribution >= 0.6 is 11.3 Å². The number of aliphatic hydroxyl groups is 2. The van der Waals surface area contributed by atoms with E-state index in [0.29, 0.717) is 0 Å². The van der Waals surface area contributed by atoms with Crippen LogP contribution in [0.2, 0.25) is 0 Å². The van der Waals surface area contributed by atoms with Gasteiger partial charge in [0.15, 0.2) is 0 Å². The summed E-state index contributed by atoms with van der Waals surface area (Å²) in [4.78, 5) is 2.13. The first kappa shape index (κ1) is 17.3. The van der Waals surface area contributed by atoms with Gasteiger partial charge in [0.2, 0.25) is 10.0 Å². The van der Waals surface area contributed by atoms with E-state index in [9.17, 15) is 18.6 Å². The minimum atomic E-state index is -3.57. The Labute approximate surface area is 139 Å². The molecule has 0 aromatic carbocycles. The van der Waals surface area contributed by atoms with Gasteiger partial charge < -0.3 is 14.9 Å². The van der Waals surface area contributed by atoms with Gasteiger partial charge in [-0.3, -0.25) is 4.90 Å². The average Bonchev–Trinajstić information content (AvgIpc) is 3.26. The van der Waals surface area contributed by atoms with Crippen LogP contribution in [0, 0.1) is 0 Å². The predicted molar refractivity (Wildman–Crippen MR) is 85.9 cm³/mol. The van der Waals surface area contributed by atoms with E-state index in [-0.39, 0.29) is 23.4 Å². The fourth-order valence-electron chi connectivity index (χ4n) is 3.32. The van der Waals surface area contributed by atoms with Crippen LogP contribution < -0.4 is 4.72 Å². The van der Waals surface area contributed by atoms with E-state index in [2.05, 4.69) is 9.62 Å². The number of hydrogen-bond donors (Lipinski definition) is 3. The monoisotopic (exact) mass is 362 g/mol. The summed E-state index contributed by atoms with van der Waals surface area (Å²) in [6.45, 7) is 1.52. The summed E-state index contributed by atoms with van der Waals surface area (Å²) in [5, 5.41) is 21.5. The zero-order valence-electron chi connectivity index (χ0n) is 12.7. The summed E-state index contributed by atoms with van der Waals surface area (Å²) in [5.74, 6) is 0. The van der Waals surface area contributed by atoms with Crippen LogP contribution in [0.3, 0.4) is 0 Å². The topological polar surface area (TPSA) is 99.1 Å². The zero-order valence-corrected chi connectivity index (χ0v) is 14.3. The van der Waals surface area contributed by atoms with Crippen molar-refractivity contribution in [3.05, 3.63) is 17.5 Å². The van der Waals surface area contributed by atoms with Gasteiger partial charge in [-0.15, -0.1) is 11.3 Å². The second-order valence-corrected chi connectivity index (χ2v) is 8.85. The van der Waals surface area contributed by atoms with Gasteiger partial charge in [0.25, 0.3) is 0 Å². The minimum Gasteiger partial charge on any atom is -0.394 e. The molecule has 3 heterocycles. The number of nitrogens with zero attached hydrogens (tertiary/aromatic N) is 1. The van der Waals surface area contributed by atoms with Gasteiger partial charge in [-0.2, -0.15) is 0 Å². The van der Waals surface area contributed by atoms with Crippen LogP contribution in [0.1, 0.15) is 12.8 Å². The van der Waals surface area contributed by atoms with Crippen LogP contribution in [0.5, 0.6) is 0 Å². The fourth-order valence-corrected chi connectivity index (χ4v) is 5.40.